The van der Waals surface area contributed by atoms with Crippen molar-refractivity contribution in [2.45, 2.75) is 25.8 Å². The Morgan fingerprint density at radius 3 is 2.60 bits per heavy atom. The first kappa shape index (κ1) is 20.5. The summed E-state index contributed by atoms with van der Waals surface area (Å²) in [5.74, 6) is 1.37. The lowest BCUT2D eigenvalue weighted by molar-refractivity contribution is 0.0154. The molecule has 2 unspecified atom stereocenters. The molecule has 25 heavy (non-hydrogen) atoms. The molecule has 2 bridgehead atoms. The molecule has 140 valence electrons. The quantitative estimate of drug-likeness (QED) is 0.403. The molecule has 1 aromatic carbocycles. The summed E-state index contributed by atoms with van der Waals surface area (Å²) in [5, 5.41) is 6.99. The van der Waals surface area contributed by atoms with Crippen molar-refractivity contribution in [3.8, 4) is 0 Å². The van der Waals surface area contributed by atoms with E-state index >= 15 is 0 Å². The minimum atomic E-state index is 0. The zero-order valence-electron chi connectivity index (χ0n) is 15.7. The Bertz CT molecular complexity index is 569. The summed E-state index contributed by atoms with van der Waals surface area (Å²) in [6.45, 7) is 12.3. The van der Waals surface area contributed by atoms with Gasteiger partial charge in [-0.3, -0.25) is 14.8 Å². The van der Waals surface area contributed by atoms with Crippen molar-refractivity contribution in [1.29, 1.82) is 0 Å². The van der Waals surface area contributed by atoms with Gasteiger partial charge >= 0.3 is 0 Å². The van der Waals surface area contributed by atoms with E-state index in [4.69, 9.17) is 0 Å². The van der Waals surface area contributed by atoms with Crippen LogP contribution in [0.15, 0.2) is 29.3 Å². The summed E-state index contributed by atoms with van der Waals surface area (Å²) in [7, 11) is 1.85. The van der Waals surface area contributed by atoms with Gasteiger partial charge in [0.1, 0.15) is 0 Å². The fraction of sp³-hybridized carbons (Fsp3) is 0.632. The molecule has 6 heteroatoms. The second-order valence-electron chi connectivity index (χ2n) is 7.14. The summed E-state index contributed by atoms with van der Waals surface area (Å²) >= 11 is 0. The molecule has 3 aliphatic heterocycles. The molecule has 3 heterocycles. The first-order chi connectivity index (χ1) is 11.7. The van der Waals surface area contributed by atoms with Crippen LogP contribution in [0.1, 0.15) is 24.0 Å². The van der Waals surface area contributed by atoms with E-state index in [1.165, 1.54) is 43.9 Å². The number of rotatable bonds is 5. The summed E-state index contributed by atoms with van der Waals surface area (Å²) in [6.07, 6.45) is 0. The zero-order valence-corrected chi connectivity index (χ0v) is 18.0. The first-order valence-corrected chi connectivity index (χ1v) is 9.13. The summed E-state index contributed by atoms with van der Waals surface area (Å²) in [6, 6.07) is 9.36. The molecule has 0 saturated carbocycles. The third-order valence-electron chi connectivity index (χ3n) is 5.31. The number of halogens is 1. The molecule has 2 atom stereocenters. The highest BCUT2D eigenvalue weighted by Gasteiger charge is 2.31. The third-order valence-corrected chi connectivity index (χ3v) is 5.31. The molecule has 3 aliphatic rings. The molecule has 0 radical (unpaired) electrons. The average molecular weight is 457 g/mol. The van der Waals surface area contributed by atoms with Gasteiger partial charge in [0, 0.05) is 58.9 Å². The maximum Gasteiger partial charge on any atom is 0.191 e. The normalized spacial score (nSPS) is 26.7. The van der Waals surface area contributed by atoms with Crippen molar-refractivity contribution >= 4 is 29.9 Å². The Kier molecular flexibility index (Phi) is 7.96. The number of aliphatic imine (C=N–C) groups is 1. The highest BCUT2D eigenvalue weighted by Crippen LogP contribution is 2.16. The van der Waals surface area contributed by atoms with Crippen LogP contribution in [-0.4, -0.2) is 74.7 Å². The van der Waals surface area contributed by atoms with Gasteiger partial charge in [0.15, 0.2) is 5.96 Å². The van der Waals surface area contributed by atoms with Gasteiger partial charge in [-0.15, -0.1) is 24.0 Å². The molecule has 5 nitrogen and oxygen atoms in total. The minimum absolute atomic E-state index is 0. The molecule has 4 rings (SSSR count). The van der Waals surface area contributed by atoms with Crippen LogP contribution in [0.5, 0.6) is 0 Å². The molecule has 3 fully saturated rings. The first-order valence-electron chi connectivity index (χ1n) is 9.13. The van der Waals surface area contributed by atoms with Crippen LogP contribution in [0, 0.1) is 6.92 Å². The molecule has 3 saturated heterocycles. The van der Waals surface area contributed by atoms with Crippen LogP contribution in [-0.2, 0) is 0 Å². The topological polar surface area (TPSA) is 42.9 Å². The smallest absolute Gasteiger partial charge is 0.191 e. The maximum atomic E-state index is 4.38. The van der Waals surface area contributed by atoms with Crippen LogP contribution >= 0.6 is 24.0 Å². The number of hydrogen-bond donors (Lipinski definition) is 2. The molecule has 0 aromatic heterocycles. The van der Waals surface area contributed by atoms with Crippen molar-refractivity contribution < 1.29 is 0 Å². The Balaban J connectivity index is 0.00000225. The van der Waals surface area contributed by atoms with E-state index in [1.807, 2.05) is 7.05 Å². The zero-order chi connectivity index (χ0) is 16.9. The van der Waals surface area contributed by atoms with Crippen LogP contribution in [0.4, 0.5) is 0 Å². The minimum Gasteiger partial charge on any atom is -0.356 e. The summed E-state index contributed by atoms with van der Waals surface area (Å²) < 4.78 is 0. The van der Waals surface area contributed by atoms with Crippen molar-refractivity contribution in [2.24, 2.45) is 4.99 Å². The van der Waals surface area contributed by atoms with Gasteiger partial charge in [-0.1, -0.05) is 36.8 Å². The lowest BCUT2D eigenvalue weighted by Gasteiger charge is -2.47. The fourth-order valence-electron chi connectivity index (χ4n) is 3.70. The van der Waals surface area contributed by atoms with Crippen molar-refractivity contribution in [1.82, 2.24) is 20.4 Å². The predicted octanol–water partition coefficient (Wildman–Crippen LogP) is 1.88. The highest BCUT2D eigenvalue weighted by molar-refractivity contribution is 14.0. The maximum absolute atomic E-state index is 4.38. The lowest BCUT2D eigenvalue weighted by atomic mass is 9.99. The van der Waals surface area contributed by atoms with Gasteiger partial charge in [-0.2, -0.15) is 0 Å². The van der Waals surface area contributed by atoms with E-state index in [9.17, 15) is 0 Å². The van der Waals surface area contributed by atoms with Crippen LogP contribution in [0.3, 0.4) is 0 Å². The number of nitrogens with zero attached hydrogens (tertiary/aromatic N) is 3. The van der Waals surface area contributed by atoms with Gasteiger partial charge in [0.25, 0.3) is 0 Å². The average Bonchev–Trinajstić information content (AvgIpc) is 2.62. The van der Waals surface area contributed by atoms with Crippen LogP contribution in [0.2, 0.25) is 0 Å². The molecule has 0 aliphatic carbocycles. The number of piperazine rings is 3. The lowest BCUT2D eigenvalue weighted by Crippen LogP contribution is -2.63. The third kappa shape index (κ3) is 5.56. The summed E-state index contributed by atoms with van der Waals surface area (Å²) in [5.41, 5.74) is 2.69. The Labute approximate surface area is 169 Å². The monoisotopic (exact) mass is 457 g/mol. The Morgan fingerprint density at radius 2 is 2.00 bits per heavy atom. The molecule has 0 spiro atoms. The van der Waals surface area contributed by atoms with Crippen molar-refractivity contribution in [3.63, 3.8) is 0 Å². The Morgan fingerprint density at radius 1 is 1.24 bits per heavy atom. The second kappa shape index (κ2) is 9.73. The largest absolute Gasteiger partial charge is 0.356 e. The SMILES string of the molecule is CN=C(NCC(C)c1cccc(C)c1)NCC1CN2CCN1CC2.I. The van der Waals surface area contributed by atoms with Crippen molar-refractivity contribution in [2.75, 3.05) is 52.9 Å². The van der Waals surface area contributed by atoms with E-state index in [-0.39, 0.29) is 24.0 Å². The van der Waals surface area contributed by atoms with E-state index in [1.54, 1.807) is 0 Å². The molecule has 0 amide bonds. The number of aryl methyl sites for hydroxylation is 1. The van der Waals surface area contributed by atoms with Gasteiger partial charge in [-0.05, 0) is 18.4 Å². The van der Waals surface area contributed by atoms with E-state index in [0.717, 1.165) is 19.0 Å². The predicted molar refractivity (Wildman–Crippen MR) is 116 cm³/mol. The number of hydrogen-bond acceptors (Lipinski definition) is 3. The van der Waals surface area contributed by atoms with Gasteiger partial charge in [0.05, 0.1) is 0 Å². The summed E-state index contributed by atoms with van der Waals surface area (Å²) in [4.78, 5) is 9.56. The molecular formula is C19H32IN5. The fourth-order valence-corrected chi connectivity index (χ4v) is 3.70. The highest BCUT2D eigenvalue weighted by atomic mass is 127. The molecule has 1 aromatic rings. The number of nitrogens with one attached hydrogen (secondary N) is 2. The number of benzene rings is 1. The Hall–Kier alpha value is -0.860. The van der Waals surface area contributed by atoms with Crippen LogP contribution in [0.25, 0.3) is 0 Å². The van der Waals surface area contributed by atoms with Crippen LogP contribution < -0.4 is 10.6 Å². The van der Waals surface area contributed by atoms with E-state index in [2.05, 4.69) is 63.5 Å². The molecule has 2 N–H and O–H groups in total. The second-order valence-corrected chi connectivity index (χ2v) is 7.14. The van der Waals surface area contributed by atoms with Gasteiger partial charge in [-0.25, -0.2) is 0 Å². The standard InChI is InChI=1S/C19H31N5.HI/c1-15-5-4-6-17(11-15)16(2)12-21-19(20-3)22-13-18-14-23-7-9-24(18)10-8-23;/h4-6,11,16,18H,7-10,12-14H2,1-3H3,(H2,20,21,22);1H. The van der Waals surface area contributed by atoms with Crippen molar-refractivity contribution in [3.05, 3.63) is 35.4 Å². The van der Waals surface area contributed by atoms with Gasteiger partial charge in [0.2, 0.25) is 0 Å². The van der Waals surface area contributed by atoms with Gasteiger partial charge < -0.3 is 10.6 Å². The number of fused-ring (bicyclic) bond motifs is 3. The van der Waals surface area contributed by atoms with E-state index in [0.29, 0.717) is 12.0 Å². The number of guanidine groups is 1. The molecular weight excluding hydrogens is 425 g/mol. The van der Waals surface area contributed by atoms with E-state index < -0.39 is 0 Å².